The van der Waals surface area contributed by atoms with Gasteiger partial charge in [-0.25, -0.2) is 0 Å². The fourth-order valence-electron chi connectivity index (χ4n) is 1.65. The van der Waals surface area contributed by atoms with Crippen molar-refractivity contribution in [1.82, 2.24) is 0 Å². The molecule has 1 heterocycles. The van der Waals surface area contributed by atoms with Crippen LogP contribution in [0.15, 0.2) is 6.07 Å². The Morgan fingerprint density at radius 3 is 2.85 bits per heavy atom. The van der Waals surface area contributed by atoms with E-state index >= 15 is 0 Å². The van der Waals surface area contributed by atoms with E-state index in [2.05, 4.69) is 0 Å². The van der Waals surface area contributed by atoms with Crippen molar-refractivity contribution < 1.29 is 14.8 Å². The first-order chi connectivity index (χ1) is 9.51. The Hall–Kier alpha value is -1.69. The van der Waals surface area contributed by atoms with Crippen LogP contribution in [0, 0.1) is 21.4 Å². The van der Waals surface area contributed by atoms with Crippen LogP contribution in [-0.2, 0) is 4.74 Å². The smallest absolute Gasteiger partial charge is 0.304 e. The molecular formula is C12H17N3O4S. The Morgan fingerprint density at radius 2 is 2.35 bits per heavy atom. The number of nitro groups is 1. The molecule has 1 aromatic rings. The lowest BCUT2D eigenvalue weighted by atomic mass is 10.3. The van der Waals surface area contributed by atoms with E-state index in [0.717, 1.165) is 0 Å². The van der Waals surface area contributed by atoms with E-state index in [1.165, 1.54) is 17.4 Å². The zero-order valence-electron chi connectivity index (χ0n) is 11.4. The Kier molecular flexibility index (Phi) is 6.38. The van der Waals surface area contributed by atoms with Gasteiger partial charge in [0.2, 0.25) is 0 Å². The molecule has 1 atom stereocenters. The number of nitriles is 1. The van der Waals surface area contributed by atoms with E-state index in [9.17, 15) is 15.2 Å². The Labute approximate surface area is 121 Å². The second kappa shape index (κ2) is 7.79. The Balaban J connectivity index is 3.09. The van der Waals surface area contributed by atoms with Crippen molar-refractivity contribution >= 4 is 22.0 Å². The molecule has 0 bridgehead atoms. The van der Waals surface area contributed by atoms with Crippen molar-refractivity contribution in [3.8, 4) is 6.07 Å². The summed E-state index contributed by atoms with van der Waals surface area (Å²) in [6, 6.07) is 3.41. The molecule has 0 aromatic carbocycles. The fourth-order valence-corrected chi connectivity index (χ4v) is 2.77. The number of aliphatic hydroxyl groups excluding tert-OH is 1. The third-order valence-electron chi connectivity index (χ3n) is 2.67. The summed E-state index contributed by atoms with van der Waals surface area (Å²) in [6.45, 7) is 2.82. The summed E-state index contributed by atoms with van der Waals surface area (Å²) in [5, 5.41) is 29.8. The first-order valence-electron chi connectivity index (χ1n) is 6.08. The van der Waals surface area contributed by atoms with Crippen molar-refractivity contribution in [1.29, 1.82) is 5.26 Å². The van der Waals surface area contributed by atoms with Crippen LogP contribution >= 0.6 is 11.3 Å². The predicted octanol–water partition coefficient (Wildman–Crippen LogP) is 2.08. The van der Waals surface area contributed by atoms with Crippen LogP contribution in [0.4, 0.5) is 10.7 Å². The van der Waals surface area contributed by atoms with Crippen LogP contribution < -0.4 is 4.90 Å². The lowest BCUT2D eigenvalue weighted by Crippen LogP contribution is -2.27. The van der Waals surface area contributed by atoms with Gasteiger partial charge in [-0.15, -0.1) is 11.3 Å². The zero-order valence-corrected chi connectivity index (χ0v) is 12.2. The maximum Gasteiger partial charge on any atom is 0.304 e. The average Bonchev–Trinajstić information content (AvgIpc) is 2.84. The van der Waals surface area contributed by atoms with Crippen molar-refractivity contribution in [3.05, 3.63) is 21.1 Å². The summed E-state index contributed by atoms with van der Waals surface area (Å²) in [5.41, 5.74) is -0.0417. The van der Waals surface area contributed by atoms with E-state index in [0.29, 0.717) is 29.6 Å². The van der Waals surface area contributed by atoms with Crippen LogP contribution in [-0.4, -0.2) is 36.8 Å². The minimum absolute atomic E-state index is 0.0417. The number of rotatable bonds is 8. The van der Waals surface area contributed by atoms with Gasteiger partial charge in [-0.05, 0) is 6.92 Å². The van der Waals surface area contributed by atoms with E-state index in [1.807, 2.05) is 6.07 Å². The molecule has 0 aliphatic carbocycles. The molecule has 1 aromatic heterocycles. The molecule has 0 spiro atoms. The molecule has 0 amide bonds. The van der Waals surface area contributed by atoms with Crippen molar-refractivity contribution in [2.75, 3.05) is 31.7 Å². The van der Waals surface area contributed by atoms with Gasteiger partial charge in [0.05, 0.1) is 30.1 Å². The number of anilines is 1. The van der Waals surface area contributed by atoms with Crippen molar-refractivity contribution in [2.24, 2.45) is 0 Å². The molecular weight excluding hydrogens is 282 g/mol. The maximum atomic E-state index is 11.1. The number of hydrogen-bond donors (Lipinski definition) is 1. The molecule has 0 unspecified atom stereocenters. The van der Waals surface area contributed by atoms with Gasteiger partial charge in [0.15, 0.2) is 5.00 Å². The summed E-state index contributed by atoms with van der Waals surface area (Å²) < 4.78 is 4.99. The normalized spacial score (nSPS) is 11.9. The second-order valence-electron chi connectivity index (χ2n) is 4.16. The highest BCUT2D eigenvalue weighted by Gasteiger charge is 2.25. The fraction of sp³-hybridized carbons (Fsp3) is 0.583. The van der Waals surface area contributed by atoms with Gasteiger partial charge < -0.3 is 14.7 Å². The highest BCUT2D eigenvalue weighted by atomic mass is 32.1. The van der Waals surface area contributed by atoms with Crippen LogP contribution in [0.5, 0.6) is 0 Å². The maximum absolute atomic E-state index is 11.1. The second-order valence-corrected chi connectivity index (χ2v) is 5.22. The molecule has 0 fully saturated rings. The third-order valence-corrected chi connectivity index (χ3v) is 4.02. The first kappa shape index (κ1) is 16.4. The Bertz CT molecular complexity index is 495. The molecule has 1 N–H and O–H groups in total. The first-order valence-corrected chi connectivity index (χ1v) is 6.90. The lowest BCUT2D eigenvalue weighted by Gasteiger charge is -2.20. The highest BCUT2D eigenvalue weighted by Crippen LogP contribution is 2.40. The van der Waals surface area contributed by atoms with Gasteiger partial charge in [-0.3, -0.25) is 10.1 Å². The molecule has 0 saturated carbocycles. The molecule has 0 aliphatic heterocycles. The van der Waals surface area contributed by atoms with Gasteiger partial charge in [0.25, 0.3) is 0 Å². The zero-order chi connectivity index (χ0) is 15.1. The number of ether oxygens (including phenoxy) is 1. The molecule has 7 nitrogen and oxygen atoms in total. The predicted molar refractivity (Wildman–Crippen MR) is 75.9 cm³/mol. The number of methoxy groups -OCH3 is 1. The van der Waals surface area contributed by atoms with E-state index in [1.54, 1.807) is 18.9 Å². The minimum Gasteiger partial charge on any atom is -0.388 e. The SMILES string of the molecule is COCCN(CCC#N)c1sc([C@H](C)O)cc1[N+](=O)[O-]. The van der Waals surface area contributed by atoms with E-state index in [-0.39, 0.29) is 12.1 Å². The van der Waals surface area contributed by atoms with Gasteiger partial charge in [-0.2, -0.15) is 5.26 Å². The van der Waals surface area contributed by atoms with Gasteiger partial charge in [-0.1, -0.05) is 0 Å². The standard InChI is InChI=1S/C12H17N3O4S/c1-9(16)11-8-10(15(17)18)12(20-11)14(5-3-4-13)6-7-19-2/h8-9,16H,3,5-7H2,1-2H3/t9-/m0/s1. The molecule has 0 aliphatic rings. The average molecular weight is 299 g/mol. The number of aliphatic hydroxyl groups is 1. The third kappa shape index (κ3) is 4.16. The van der Waals surface area contributed by atoms with Crippen LogP contribution in [0.1, 0.15) is 24.3 Å². The monoisotopic (exact) mass is 299 g/mol. The highest BCUT2D eigenvalue weighted by molar-refractivity contribution is 7.16. The van der Waals surface area contributed by atoms with Crippen LogP contribution in [0.2, 0.25) is 0 Å². The Morgan fingerprint density at radius 1 is 1.65 bits per heavy atom. The molecule has 20 heavy (non-hydrogen) atoms. The number of nitrogens with zero attached hydrogens (tertiary/aromatic N) is 3. The van der Waals surface area contributed by atoms with Gasteiger partial charge in [0.1, 0.15) is 0 Å². The topological polar surface area (TPSA) is 99.6 Å². The summed E-state index contributed by atoms with van der Waals surface area (Å²) in [4.78, 5) is 12.9. The molecule has 110 valence electrons. The minimum atomic E-state index is -0.757. The summed E-state index contributed by atoms with van der Waals surface area (Å²) >= 11 is 1.17. The van der Waals surface area contributed by atoms with Crippen LogP contribution in [0.3, 0.4) is 0 Å². The number of hydrogen-bond acceptors (Lipinski definition) is 7. The van der Waals surface area contributed by atoms with Crippen LogP contribution in [0.25, 0.3) is 0 Å². The lowest BCUT2D eigenvalue weighted by molar-refractivity contribution is -0.383. The summed E-state index contributed by atoms with van der Waals surface area (Å²) in [6.07, 6.45) is -0.490. The van der Waals surface area contributed by atoms with E-state index in [4.69, 9.17) is 10.00 Å². The van der Waals surface area contributed by atoms with Gasteiger partial charge >= 0.3 is 5.69 Å². The number of thiophene rings is 1. The van der Waals surface area contributed by atoms with Crippen molar-refractivity contribution in [2.45, 2.75) is 19.4 Å². The molecule has 0 radical (unpaired) electrons. The molecule has 0 saturated heterocycles. The molecule has 1 rings (SSSR count). The quantitative estimate of drug-likeness (QED) is 0.582. The molecule has 8 heteroatoms. The summed E-state index contributed by atoms with van der Waals surface area (Å²) in [7, 11) is 1.55. The summed E-state index contributed by atoms with van der Waals surface area (Å²) in [5.74, 6) is 0. The van der Waals surface area contributed by atoms with Crippen molar-refractivity contribution in [3.63, 3.8) is 0 Å². The largest absolute Gasteiger partial charge is 0.388 e. The van der Waals surface area contributed by atoms with E-state index < -0.39 is 11.0 Å². The van der Waals surface area contributed by atoms with Gasteiger partial charge in [0, 0.05) is 31.1 Å².